The third-order valence-electron chi connectivity index (χ3n) is 9.45. The van der Waals surface area contributed by atoms with Gasteiger partial charge in [0.1, 0.15) is 22.6 Å². The van der Waals surface area contributed by atoms with E-state index in [4.69, 9.17) is 20.4 Å². The van der Waals surface area contributed by atoms with Crippen LogP contribution in [0.25, 0.3) is 28.1 Å². The number of methoxy groups -OCH3 is 1. The number of nitrogens with zero attached hydrogens (tertiary/aromatic N) is 5. The highest BCUT2D eigenvalue weighted by Crippen LogP contribution is 2.56. The third-order valence-corrected chi connectivity index (χ3v) is 9.45. The van der Waals surface area contributed by atoms with Crippen LogP contribution >= 0.6 is 0 Å². The number of hydrogen-bond donors (Lipinski definition) is 3. The molecule has 1 aliphatic heterocycles. The van der Waals surface area contributed by atoms with Crippen molar-refractivity contribution in [1.29, 1.82) is 0 Å². The van der Waals surface area contributed by atoms with Crippen molar-refractivity contribution in [1.82, 2.24) is 28.8 Å². The molecule has 4 aliphatic rings. The first-order chi connectivity index (χ1) is 20.9. The lowest BCUT2D eigenvalue weighted by Crippen LogP contribution is -2.43. The van der Waals surface area contributed by atoms with Gasteiger partial charge in [-0.15, -0.1) is 0 Å². The van der Waals surface area contributed by atoms with E-state index in [0.717, 1.165) is 64.5 Å². The molecule has 0 saturated heterocycles. The van der Waals surface area contributed by atoms with Gasteiger partial charge in [0.05, 0.1) is 41.5 Å². The van der Waals surface area contributed by atoms with Crippen molar-refractivity contribution in [2.45, 2.75) is 70.7 Å². The molecule has 9 rings (SSSR count). The van der Waals surface area contributed by atoms with Crippen molar-refractivity contribution >= 4 is 28.5 Å². The summed E-state index contributed by atoms with van der Waals surface area (Å²) in [6.07, 6.45) is 3.01. The van der Waals surface area contributed by atoms with Gasteiger partial charge in [-0.1, -0.05) is 0 Å². The van der Waals surface area contributed by atoms with Crippen molar-refractivity contribution in [2.24, 2.45) is 11.7 Å². The van der Waals surface area contributed by atoms with Gasteiger partial charge < -0.3 is 25.5 Å². The molecule has 3 aliphatic carbocycles. The number of carbonyl (C=O) groups is 2. The van der Waals surface area contributed by atoms with Gasteiger partial charge in [0.15, 0.2) is 5.88 Å². The molecule has 226 valence electrons. The number of imidazole rings is 1. The van der Waals surface area contributed by atoms with Crippen molar-refractivity contribution in [3.05, 3.63) is 70.3 Å². The molecule has 0 spiro atoms. The fourth-order valence-corrected chi connectivity index (χ4v) is 6.75. The smallest absolute Gasteiger partial charge is 0.262 e. The largest absolute Gasteiger partial charge is 0.482 e. The average Bonchev–Trinajstić information content (AvgIpc) is 3.54. The maximum Gasteiger partial charge on any atom is 0.262 e. The molecule has 4 bridgehead atoms. The number of pyridine rings is 2. The zero-order chi connectivity index (χ0) is 30.9. The van der Waals surface area contributed by atoms with Crippen molar-refractivity contribution in [3.8, 4) is 17.3 Å². The molecular weight excluding hydrogens is 558 g/mol. The summed E-state index contributed by atoms with van der Waals surface area (Å²) in [5, 5.41) is 13.9. The van der Waals surface area contributed by atoms with E-state index in [1.165, 1.54) is 13.8 Å². The number of hydrogen-bond acceptors (Lipinski definition) is 7. The highest BCUT2D eigenvalue weighted by Gasteiger charge is 2.59. The lowest BCUT2D eigenvalue weighted by atomic mass is 10.1. The van der Waals surface area contributed by atoms with Crippen LogP contribution in [0.1, 0.15) is 78.4 Å². The highest BCUT2D eigenvalue weighted by atomic mass is 16.5. The lowest BCUT2D eigenvalue weighted by Gasteiger charge is -2.21. The number of aryl methyl sites for hydroxylation is 1. The van der Waals surface area contributed by atoms with Crippen molar-refractivity contribution < 1.29 is 19.4 Å². The second-order valence-electron chi connectivity index (χ2n) is 13.2. The second kappa shape index (κ2) is 8.80. The van der Waals surface area contributed by atoms with Crippen LogP contribution < -0.4 is 15.8 Å². The number of ether oxygens (including phenoxy) is 1. The molecule has 0 radical (unpaired) electrons. The predicted octanol–water partition coefficient (Wildman–Crippen LogP) is 3.59. The molecular formula is C33H35N7O4. The molecule has 0 aromatic carbocycles. The monoisotopic (exact) mass is 593 g/mol. The third kappa shape index (κ3) is 3.82. The van der Waals surface area contributed by atoms with Gasteiger partial charge in [0.25, 0.3) is 11.8 Å². The van der Waals surface area contributed by atoms with E-state index in [-0.39, 0.29) is 5.91 Å². The van der Waals surface area contributed by atoms with Crippen LogP contribution in [0.5, 0.6) is 5.88 Å². The maximum atomic E-state index is 13.7. The minimum absolute atomic E-state index is 0.126. The second-order valence-corrected chi connectivity index (χ2v) is 13.2. The summed E-state index contributed by atoms with van der Waals surface area (Å²) < 4.78 is 11.7. The van der Waals surface area contributed by atoms with Crippen LogP contribution in [0.15, 0.2) is 36.4 Å². The van der Waals surface area contributed by atoms with E-state index in [0.29, 0.717) is 35.1 Å². The number of nitrogens with one attached hydrogen (secondary N) is 1. The summed E-state index contributed by atoms with van der Waals surface area (Å²) in [4.78, 5) is 36.2. The fourth-order valence-electron chi connectivity index (χ4n) is 6.75. The van der Waals surface area contributed by atoms with Crippen LogP contribution in [0.3, 0.4) is 0 Å². The zero-order valence-electron chi connectivity index (χ0n) is 25.4. The maximum absolute atomic E-state index is 13.7. The Kier molecular flexibility index (Phi) is 5.42. The van der Waals surface area contributed by atoms with Gasteiger partial charge in [-0.3, -0.25) is 18.6 Å². The number of aromatic nitrogens is 5. The molecule has 1 saturated carbocycles. The molecule has 6 heterocycles. The van der Waals surface area contributed by atoms with Gasteiger partial charge in [0, 0.05) is 41.2 Å². The summed E-state index contributed by atoms with van der Waals surface area (Å²) >= 11 is 0. The molecule has 11 heteroatoms. The fraction of sp³-hybridized carbons (Fsp3) is 0.394. The molecule has 44 heavy (non-hydrogen) atoms. The van der Waals surface area contributed by atoms with E-state index in [1.54, 1.807) is 17.7 Å². The van der Waals surface area contributed by atoms with Crippen molar-refractivity contribution in [2.75, 3.05) is 7.11 Å². The van der Waals surface area contributed by atoms with Crippen LogP contribution in [0.4, 0.5) is 0 Å². The first-order valence-electron chi connectivity index (χ1n) is 15.1. The van der Waals surface area contributed by atoms with Crippen molar-refractivity contribution in [3.63, 3.8) is 0 Å². The Morgan fingerprint density at radius 1 is 1.20 bits per heavy atom. The van der Waals surface area contributed by atoms with E-state index in [9.17, 15) is 14.7 Å². The molecule has 11 nitrogen and oxygen atoms in total. The number of rotatable bonds is 8. The van der Waals surface area contributed by atoms with E-state index < -0.39 is 23.1 Å². The summed E-state index contributed by atoms with van der Waals surface area (Å²) in [6.45, 7) is 7.60. The Bertz CT molecular complexity index is 2070. The summed E-state index contributed by atoms with van der Waals surface area (Å²) in [5.74, 6) is 0.506. The number of amides is 1. The number of nitrogens with two attached hydrogens (primary N) is 1. The Morgan fingerprint density at radius 2 is 1.98 bits per heavy atom. The van der Waals surface area contributed by atoms with Crippen LogP contribution in [-0.4, -0.2) is 53.1 Å². The molecule has 2 atom stereocenters. The molecule has 0 unspecified atom stereocenters. The molecule has 1 amide bonds. The average molecular weight is 594 g/mol. The van der Waals surface area contributed by atoms with Crippen LogP contribution in [-0.2, 0) is 23.3 Å². The van der Waals surface area contributed by atoms with E-state index in [1.807, 2.05) is 42.5 Å². The van der Waals surface area contributed by atoms with E-state index in [2.05, 4.69) is 16.0 Å². The zero-order valence-corrected chi connectivity index (χ0v) is 25.4. The standard InChI is InChI=1S/C33H35N7O4/c1-16(35-31(42)32(3,4)43)23-9-8-19-10-24(38(29(19)36-23)15-18-6-7-18)27-17(2)39-25(37-27)11-20(12-26(39)44-5)30(41)40-21-13-22-28(40)33(22,34)14-21/h8-13,16,18,43H,6-7,14-15,34H2,1-5H3,(H,35,42)/t16-,33-/m1/s1. The predicted molar refractivity (Wildman–Crippen MR) is 164 cm³/mol. The first kappa shape index (κ1) is 27.1. The quantitative estimate of drug-likeness (QED) is 0.250. The highest BCUT2D eigenvalue weighted by molar-refractivity contribution is 6.00. The van der Waals surface area contributed by atoms with E-state index >= 15 is 0 Å². The number of carbonyl (C=O) groups excluding carboxylic acids is 2. The Hall–Kier alpha value is -4.48. The Morgan fingerprint density at radius 3 is 2.59 bits per heavy atom. The van der Waals surface area contributed by atoms with Crippen LogP contribution in [0, 0.1) is 12.8 Å². The lowest BCUT2D eigenvalue weighted by molar-refractivity contribution is -0.137. The minimum Gasteiger partial charge on any atom is -0.482 e. The minimum atomic E-state index is -1.49. The Balaban J connectivity index is 1.22. The normalized spacial score (nSPS) is 19.2. The summed E-state index contributed by atoms with van der Waals surface area (Å²) in [7, 11) is 1.60. The Labute approximate surface area is 253 Å². The van der Waals surface area contributed by atoms with Crippen LogP contribution in [0.2, 0.25) is 0 Å². The van der Waals surface area contributed by atoms with Gasteiger partial charge in [0.2, 0.25) is 0 Å². The molecule has 5 aromatic heterocycles. The topological polar surface area (TPSA) is 142 Å². The SMILES string of the molecule is COc1cc(C(=O)n2c3cc4c2[C@@]4(N)C3)cc2nc(-c3cc4ccc([C@@H](C)NC(=O)C(C)(C)O)nc4n3CC3CC3)c(C)n12. The van der Waals surface area contributed by atoms with Gasteiger partial charge >= 0.3 is 0 Å². The molecule has 4 N–H and O–H groups in total. The molecule has 5 aromatic rings. The molecule has 1 fully saturated rings. The number of aliphatic hydroxyl groups is 1. The number of fused-ring (bicyclic) bond motifs is 2. The summed E-state index contributed by atoms with van der Waals surface area (Å²) in [5.41, 5.74) is 12.7. The van der Waals surface area contributed by atoms with Gasteiger partial charge in [-0.25, -0.2) is 9.97 Å². The van der Waals surface area contributed by atoms with Gasteiger partial charge in [-0.2, -0.15) is 0 Å². The summed E-state index contributed by atoms with van der Waals surface area (Å²) in [6, 6.07) is 11.3. The first-order valence-corrected chi connectivity index (χ1v) is 15.1. The van der Waals surface area contributed by atoms with Gasteiger partial charge in [-0.05, 0) is 76.8 Å².